The summed E-state index contributed by atoms with van der Waals surface area (Å²) in [6.45, 7) is 4.08. The van der Waals surface area contributed by atoms with Gasteiger partial charge >= 0.3 is 0 Å². The van der Waals surface area contributed by atoms with Crippen molar-refractivity contribution in [3.63, 3.8) is 0 Å². The van der Waals surface area contributed by atoms with Crippen molar-refractivity contribution in [2.45, 2.75) is 50.7 Å². The van der Waals surface area contributed by atoms with Crippen LogP contribution in [0.15, 0.2) is 0 Å². The highest BCUT2D eigenvalue weighted by molar-refractivity contribution is 5.77. The Bertz CT molecular complexity index is 277. The number of carbonyl (C=O) groups is 1. The van der Waals surface area contributed by atoms with Gasteiger partial charge in [0, 0.05) is 26.2 Å². The number of nitrogens with one attached hydrogen (secondary N) is 1. The molecule has 1 saturated heterocycles. The third kappa shape index (κ3) is 2.99. The Morgan fingerprint density at radius 2 is 2.29 bits per heavy atom. The highest BCUT2D eigenvalue weighted by Crippen LogP contribution is 2.42. The minimum absolute atomic E-state index is 0.162. The van der Waals surface area contributed by atoms with E-state index in [0.29, 0.717) is 12.6 Å². The van der Waals surface area contributed by atoms with Gasteiger partial charge in [-0.25, -0.2) is 0 Å². The lowest BCUT2D eigenvalue weighted by atomic mass is 9.74. The smallest absolute Gasteiger partial charge is 0.236 e. The molecule has 1 atom stereocenters. The fraction of sp³-hybridized carbons (Fsp3) is 0.923. The van der Waals surface area contributed by atoms with Crippen molar-refractivity contribution in [2.75, 3.05) is 26.7 Å². The van der Waals surface area contributed by atoms with Crippen molar-refractivity contribution in [3.05, 3.63) is 0 Å². The zero-order valence-electron chi connectivity index (χ0n) is 11.0. The van der Waals surface area contributed by atoms with E-state index in [9.17, 15) is 4.79 Å². The second kappa shape index (κ2) is 5.36. The molecule has 4 nitrogen and oxygen atoms in total. The first kappa shape index (κ1) is 12.8. The van der Waals surface area contributed by atoms with Crippen molar-refractivity contribution >= 4 is 5.91 Å². The van der Waals surface area contributed by atoms with Crippen LogP contribution in [-0.2, 0) is 9.53 Å². The van der Waals surface area contributed by atoms with Crippen molar-refractivity contribution in [2.24, 2.45) is 0 Å². The van der Waals surface area contributed by atoms with Crippen LogP contribution in [0.2, 0.25) is 0 Å². The molecule has 0 aromatic heterocycles. The average molecular weight is 240 g/mol. The topological polar surface area (TPSA) is 41.6 Å². The van der Waals surface area contributed by atoms with Crippen LogP contribution in [-0.4, -0.2) is 49.2 Å². The zero-order valence-corrected chi connectivity index (χ0v) is 11.0. The second-order valence-corrected chi connectivity index (χ2v) is 5.36. The van der Waals surface area contributed by atoms with Gasteiger partial charge < -0.3 is 15.0 Å². The van der Waals surface area contributed by atoms with Crippen LogP contribution >= 0.6 is 0 Å². The first-order valence-corrected chi connectivity index (χ1v) is 6.76. The van der Waals surface area contributed by atoms with Crippen LogP contribution in [0, 0.1) is 0 Å². The van der Waals surface area contributed by atoms with E-state index in [1.165, 1.54) is 19.3 Å². The molecule has 1 saturated carbocycles. The van der Waals surface area contributed by atoms with Gasteiger partial charge in [-0.1, -0.05) is 0 Å². The summed E-state index contributed by atoms with van der Waals surface area (Å²) in [6.07, 6.45) is 5.81. The third-order valence-electron chi connectivity index (χ3n) is 4.20. The molecule has 0 aromatic rings. The van der Waals surface area contributed by atoms with E-state index < -0.39 is 0 Å². The summed E-state index contributed by atoms with van der Waals surface area (Å²) >= 11 is 0. The normalized spacial score (nSPS) is 26.6. The van der Waals surface area contributed by atoms with Crippen LogP contribution in [0.3, 0.4) is 0 Å². The van der Waals surface area contributed by atoms with Gasteiger partial charge in [-0.3, -0.25) is 4.79 Å². The molecule has 0 aromatic carbocycles. The molecule has 98 valence electrons. The van der Waals surface area contributed by atoms with Gasteiger partial charge in [0.2, 0.25) is 5.91 Å². The number of hydrogen-bond acceptors (Lipinski definition) is 3. The fourth-order valence-corrected chi connectivity index (χ4v) is 2.66. The molecule has 1 aliphatic carbocycles. The maximum absolute atomic E-state index is 11.7. The quantitative estimate of drug-likeness (QED) is 0.801. The van der Waals surface area contributed by atoms with E-state index in [0.717, 1.165) is 26.0 Å². The maximum Gasteiger partial charge on any atom is 0.236 e. The van der Waals surface area contributed by atoms with Crippen molar-refractivity contribution < 1.29 is 9.53 Å². The molecule has 4 heteroatoms. The molecule has 1 heterocycles. The van der Waals surface area contributed by atoms with Crippen molar-refractivity contribution in [1.82, 2.24) is 10.2 Å². The van der Waals surface area contributed by atoms with Gasteiger partial charge in [-0.15, -0.1) is 0 Å². The Morgan fingerprint density at radius 1 is 1.53 bits per heavy atom. The molecule has 0 bridgehead atoms. The Hall–Kier alpha value is -0.610. The van der Waals surface area contributed by atoms with Crippen LogP contribution in [0.5, 0.6) is 0 Å². The third-order valence-corrected chi connectivity index (χ3v) is 4.20. The lowest BCUT2D eigenvalue weighted by Crippen LogP contribution is -2.52. The summed E-state index contributed by atoms with van der Waals surface area (Å²) in [5, 5.41) is 3.39. The Morgan fingerprint density at radius 3 is 2.88 bits per heavy atom. The first-order valence-electron chi connectivity index (χ1n) is 6.76. The molecule has 0 radical (unpaired) electrons. The fourth-order valence-electron chi connectivity index (χ4n) is 2.66. The zero-order chi connectivity index (χ0) is 12.3. The molecule has 1 aliphatic heterocycles. The van der Waals surface area contributed by atoms with Crippen LogP contribution in [0.4, 0.5) is 0 Å². The molecule has 2 fully saturated rings. The Balaban J connectivity index is 1.73. The molecule has 1 unspecified atom stereocenters. The SMILES string of the molecule is CCN(C)C(=O)CNC1CCOC2(CCC2)C1. The van der Waals surface area contributed by atoms with Gasteiger partial charge in [-0.2, -0.15) is 0 Å². The van der Waals surface area contributed by atoms with Gasteiger partial charge in [0.15, 0.2) is 0 Å². The average Bonchev–Trinajstić information content (AvgIpc) is 2.33. The highest BCUT2D eigenvalue weighted by Gasteiger charge is 2.42. The molecule has 17 heavy (non-hydrogen) atoms. The largest absolute Gasteiger partial charge is 0.375 e. The second-order valence-electron chi connectivity index (χ2n) is 5.36. The van der Waals surface area contributed by atoms with E-state index in [1.807, 2.05) is 14.0 Å². The molecule has 1 N–H and O–H groups in total. The minimum Gasteiger partial charge on any atom is -0.375 e. The Labute approximate surface area is 104 Å². The molecular formula is C13H24N2O2. The van der Waals surface area contributed by atoms with E-state index in [2.05, 4.69) is 5.32 Å². The van der Waals surface area contributed by atoms with Gasteiger partial charge in [0.1, 0.15) is 0 Å². The van der Waals surface area contributed by atoms with Gasteiger partial charge in [0.25, 0.3) is 0 Å². The predicted octanol–water partition coefficient (Wildman–Crippen LogP) is 1.16. The Kier molecular flexibility index (Phi) is 4.05. The molecular weight excluding hydrogens is 216 g/mol. The summed E-state index contributed by atoms with van der Waals surface area (Å²) < 4.78 is 5.87. The summed E-state index contributed by atoms with van der Waals surface area (Å²) in [4.78, 5) is 13.4. The lowest BCUT2D eigenvalue weighted by molar-refractivity contribution is -0.138. The van der Waals surface area contributed by atoms with Crippen LogP contribution in [0.1, 0.15) is 39.0 Å². The lowest BCUT2D eigenvalue weighted by Gasteiger charge is -2.47. The standard InChI is InChI=1S/C13H24N2O2/c1-3-15(2)12(16)10-14-11-5-8-17-13(9-11)6-4-7-13/h11,14H,3-10H2,1-2H3. The summed E-state index contributed by atoms with van der Waals surface area (Å²) in [6, 6.07) is 0.457. The number of carbonyl (C=O) groups excluding carboxylic acids is 1. The number of nitrogens with zero attached hydrogens (tertiary/aromatic N) is 1. The van der Waals surface area contributed by atoms with E-state index in [-0.39, 0.29) is 11.5 Å². The molecule has 2 rings (SSSR count). The molecule has 2 aliphatic rings. The predicted molar refractivity (Wildman–Crippen MR) is 66.9 cm³/mol. The van der Waals surface area contributed by atoms with Gasteiger partial charge in [0.05, 0.1) is 12.1 Å². The van der Waals surface area contributed by atoms with E-state index in [1.54, 1.807) is 4.90 Å². The van der Waals surface area contributed by atoms with E-state index >= 15 is 0 Å². The summed E-state index contributed by atoms with van der Waals surface area (Å²) in [5.74, 6) is 0.182. The van der Waals surface area contributed by atoms with Crippen LogP contribution < -0.4 is 5.32 Å². The number of likely N-dealkylation sites (N-methyl/N-ethyl adjacent to an activating group) is 1. The van der Waals surface area contributed by atoms with E-state index in [4.69, 9.17) is 4.74 Å². The number of amides is 1. The summed E-state index contributed by atoms with van der Waals surface area (Å²) in [7, 11) is 1.85. The monoisotopic (exact) mass is 240 g/mol. The highest BCUT2D eigenvalue weighted by atomic mass is 16.5. The minimum atomic E-state index is 0.162. The molecule has 1 amide bonds. The summed E-state index contributed by atoms with van der Waals surface area (Å²) in [5.41, 5.74) is 0.162. The van der Waals surface area contributed by atoms with Crippen LogP contribution in [0.25, 0.3) is 0 Å². The van der Waals surface area contributed by atoms with Crippen molar-refractivity contribution in [3.8, 4) is 0 Å². The number of rotatable bonds is 4. The first-order chi connectivity index (χ1) is 8.15. The number of ether oxygens (including phenoxy) is 1. The van der Waals surface area contributed by atoms with Crippen molar-refractivity contribution in [1.29, 1.82) is 0 Å². The number of hydrogen-bond donors (Lipinski definition) is 1. The van der Waals surface area contributed by atoms with Gasteiger partial charge in [-0.05, 0) is 39.0 Å². The molecule has 1 spiro atoms. The maximum atomic E-state index is 11.7.